The molecular weight excluding hydrogens is 504 g/mol. The molecule has 1 spiro atoms. The van der Waals surface area contributed by atoms with E-state index < -0.39 is 34.4 Å². The first-order valence-corrected chi connectivity index (χ1v) is 12.9. The summed E-state index contributed by atoms with van der Waals surface area (Å²) in [5.74, 6) is -2.33. The quantitative estimate of drug-likeness (QED) is 0.521. The van der Waals surface area contributed by atoms with Crippen LogP contribution in [-0.2, 0) is 6.42 Å². The number of fused-ring (bicyclic) bond motifs is 1. The smallest absolute Gasteiger partial charge is 0.278 e. The van der Waals surface area contributed by atoms with Crippen molar-refractivity contribution in [3.05, 3.63) is 62.5 Å². The Bertz CT molecular complexity index is 1420. The average molecular weight is 532 g/mol. The third kappa shape index (κ3) is 4.08. The SMILES string of the molecule is CCN1C(=O)c2c(O)c(=O)c(-c3nnc(Cc4ccc(F)cc4F)s3)cn2N(C)C12CCC(CO)CC2. The molecule has 9 nitrogen and oxygen atoms in total. The second-order valence-corrected chi connectivity index (χ2v) is 10.6. The van der Waals surface area contributed by atoms with Crippen LogP contribution < -0.4 is 10.4 Å². The van der Waals surface area contributed by atoms with E-state index in [2.05, 4.69) is 10.2 Å². The molecule has 1 saturated carbocycles. The van der Waals surface area contributed by atoms with E-state index in [0.717, 1.165) is 36.3 Å². The number of aliphatic hydroxyl groups excluding tert-OH is 1. The lowest BCUT2D eigenvalue weighted by molar-refractivity contribution is 0.00268. The molecule has 3 heterocycles. The van der Waals surface area contributed by atoms with E-state index in [0.29, 0.717) is 24.4 Å². The van der Waals surface area contributed by atoms with Crippen LogP contribution in [0.25, 0.3) is 10.6 Å². The van der Waals surface area contributed by atoms with Crippen LogP contribution in [0.5, 0.6) is 5.75 Å². The zero-order chi connectivity index (χ0) is 26.5. The minimum atomic E-state index is -0.750. The van der Waals surface area contributed by atoms with Crippen molar-refractivity contribution in [2.24, 2.45) is 5.92 Å². The van der Waals surface area contributed by atoms with E-state index >= 15 is 0 Å². The maximum atomic E-state index is 14.1. The summed E-state index contributed by atoms with van der Waals surface area (Å²) in [4.78, 5) is 28.4. The van der Waals surface area contributed by atoms with Crippen LogP contribution in [0.4, 0.5) is 8.78 Å². The van der Waals surface area contributed by atoms with Crippen LogP contribution in [0.2, 0.25) is 0 Å². The highest BCUT2D eigenvalue weighted by Gasteiger charge is 2.50. The molecule has 3 aromatic rings. The number of pyridine rings is 1. The number of rotatable bonds is 5. The van der Waals surface area contributed by atoms with Gasteiger partial charge in [-0.2, -0.15) is 0 Å². The van der Waals surface area contributed by atoms with Crippen LogP contribution in [0.3, 0.4) is 0 Å². The Morgan fingerprint density at radius 1 is 1.19 bits per heavy atom. The van der Waals surface area contributed by atoms with E-state index in [1.54, 1.807) is 4.90 Å². The predicted octanol–water partition coefficient (Wildman–Crippen LogP) is 2.86. The topological polar surface area (TPSA) is 112 Å². The first kappa shape index (κ1) is 25.3. The summed E-state index contributed by atoms with van der Waals surface area (Å²) >= 11 is 1.06. The Kier molecular flexibility index (Phi) is 6.48. The first-order valence-electron chi connectivity index (χ1n) is 12.1. The average Bonchev–Trinajstić information content (AvgIpc) is 3.35. The number of carbonyl (C=O) groups excluding carboxylic acids is 1. The molecule has 1 aliphatic heterocycles. The zero-order valence-corrected chi connectivity index (χ0v) is 21.3. The van der Waals surface area contributed by atoms with Crippen molar-refractivity contribution in [3.63, 3.8) is 0 Å². The lowest BCUT2D eigenvalue weighted by Crippen LogP contribution is -2.70. The van der Waals surface area contributed by atoms with Gasteiger partial charge >= 0.3 is 0 Å². The Labute approximate surface area is 215 Å². The molecule has 2 aliphatic rings. The van der Waals surface area contributed by atoms with Crippen LogP contribution in [0, 0.1) is 17.6 Å². The molecule has 1 aliphatic carbocycles. The molecule has 12 heteroatoms. The Balaban J connectivity index is 1.54. The molecule has 196 valence electrons. The van der Waals surface area contributed by atoms with Crippen molar-refractivity contribution in [3.8, 4) is 16.3 Å². The molecule has 1 fully saturated rings. The Morgan fingerprint density at radius 3 is 2.57 bits per heavy atom. The van der Waals surface area contributed by atoms with Gasteiger partial charge in [0.15, 0.2) is 16.5 Å². The molecule has 1 amide bonds. The Morgan fingerprint density at radius 2 is 1.92 bits per heavy atom. The van der Waals surface area contributed by atoms with E-state index in [1.807, 2.05) is 19.0 Å². The number of carbonyl (C=O) groups is 1. The summed E-state index contributed by atoms with van der Waals surface area (Å²) in [6, 6.07) is 3.28. The molecule has 0 unspecified atom stereocenters. The molecule has 0 saturated heterocycles. The largest absolute Gasteiger partial charge is 0.502 e. The van der Waals surface area contributed by atoms with Gasteiger partial charge in [-0.3, -0.25) is 19.3 Å². The first-order chi connectivity index (χ1) is 17.7. The predicted molar refractivity (Wildman–Crippen MR) is 133 cm³/mol. The zero-order valence-electron chi connectivity index (χ0n) is 20.4. The fraction of sp³-hybridized carbons (Fsp3) is 0.440. The third-order valence-corrected chi connectivity index (χ3v) is 8.53. The third-order valence-electron chi connectivity index (χ3n) is 7.57. The number of benzene rings is 1. The number of nitrogens with zero attached hydrogens (tertiary/aromatic N) is 5. The van der Waals surface area contributed by atoms with Gasteiger partial charge < -0.3 is 15.1 Å². The van der Waals surface area contributed by atoms with Gasteiger partial charge in [0.25, 0.3) is 5.91 Å². The number of hydrogen-bond donors (Lipinski definition) is 2. The van der Waals surface area contributed by atoms with Crippen LogP contribution in [0.15, 0.2) is 29.2 Å². The summed E-state index contributed by atoms with van der Waals surface area (Å²) in [6.45, 7) is 2.34. The van der Waals surface area contributed by atoms with Gasteiger partial charge in [-0.25, -0.2) is 8.78 Å². The van der Waals surface area contributed by atoms with E-state index in [-0.39, 0.29) is 40.8 Å². The molecule has 2 aromatic heterocycles. The van der Waals surface area contributed by atoms with Crippen molar-refractivity contribution in [2.75, 3.05) is 25.2 Å². The van der Waals surface area contributed by atoms with Gasteiger partial charge in [-0.1, -0.05) is 17.4 Å². The Hall–Kier alpha value is -3.38. The van der Waals surface area contributed by atoms with Crippen LogP contribution in [0.1, 0.15) is 53.7 Å². The monoisotopic (exact) mass is 531 g/mol. The fourth-order valence-electron chi connectivity index (χ4n) is 5.49. The minimum Gasteiger partial charge on any atom is -0.502 e. The van der Waals surface area contributed by atoms with Crippen molar-refractivity contribution in [1.82, 2.24) is 19.8 Å². The molecule has 5 rings (SSSR count). The second kappa shape index (κ2) is 9.49. The van der Waals surface area contributed by atoms with Gasteiger partial charge in [0.2, 0.25) is 5.43 Å². The fourth-order valence-corrected chi connectivity index (χ4v) is 6.35. The van der Waals surface area contributed by atoms with Crippen LogP contribution >= 0.6 is 11.3 Å². The van der Waals surface area contributed by atoms with Gasteiger partial charge in [0.1, 0.15) is 22.3 Å². The van der Waals surface area contributed by atoms with E-state index in [9.17, 15) is 28.6 Å². The maximum absolute atomic E-state index is 14.1. The molecule has 37 heavy (non-hydrogen) atoms. The standard InChI is InChI=1S/C25H27F2N5O4S/c1-3-31-24(36)20-22(35)21(34)17(12-32(20)30(2)25(31)8-6-14(13-33)7-9-25)23-29-28-19(37-23)10-15-4-5-16(26)11-18(15)27/h4-5,11-12,14,33,35H,3,6-10,13H2,1-2H3. The van der Waals surface area contributed by atoms with Crippen molar-refractivity contribution in [1.29, 1.82) is 0 Å². The number of aliphatic hydroxyl groups is 1. The normalized spacial score (nSPS) is 21.5. The van der Waals surface area contributed by atoms with Gasteiger partial charge in [-0.15, -0.1) is 10.2 Å². The molecule has 0 radical (unpaired) electrons. The van der Waals surface area contributed by atoms with Gasteiger partial charge in [0, 0.05) is 38.9 Å². The van der Waals surface area contributed by atoms with E-state index in [4.69, 9.17) is 0 Å². The number of amides is 1. The summed E-state index contributed by atoms with van der Waals surface area (Å²) in [5.41, 5.74) is -1.24. The van der Waals surface area contributed by atoms with Crippen molar-refractivity contribution in [2.45, 2.75) is 44.7 Å². The number of hydrogen-bond acceptors (Lipinski definition) is 8. The van der Waals surface area contributed by atoms with Crippen molar-refractivity contribution < 1.29 is 23.8 Å². The number of aromatic nitrogens is 3. The molecule has 2 N–H and O–H groups in total. The highest BCUT2D eigenvalue weighted by atomic mass is 32.1. The summed E-state index contributed by atoms with van der Waals surface area (Å²) < 4.78 is 28.9. The second-order valence-electron chi connectivity index (χ2n) is 9.51. The maximum Gasteiger partial charge on any atom is 0.278 e. The molecular formula is C25H27F2N5O4S. The summed E-state index contributed by atoms with van der Waals surface area (Å²) in [6.07, 6.45) is 4.27. The van der Waals surface area contributed by atoms with Gasteiger partial charge in [0.05, 0.1) is 5.56 Å². The molecule has 0 bridgehead atoms. The lowest BCUT2D eigenvalue weighted by Gasteiger charge is -2.56. The van der Waals surface area contributed by atoms with Crippen molar-refractivity contribution >= 4 is 17.2 Å². The van der Waals surface area contributed by atoms with Gasteiger partial charge in [-0.05, 0) is 50.2 Å². The highest BCUT2D eigenvalue weighted by molar-refractivity contribution is 7.14. The molecule has 1 aromatic carbocycles. The minimum absolute atomic E-state index is 0.0566. The number of aromatic hydroxyl groups is 1. The van der Waals surface area contributed by atoms with Crippen LogP contribution in [-0.4, -0.2) is 61.8 Å². The lowest BCUT2D eigenvalue weighted by atomic mass is 9.80. The van der Waals surface area contributed by atoms with E-state index in [1.165, 1.54) is 16.9 Å². The summed E-state index contributed by atoms with van der Waals surface area (Å²) in [7, 11) is 1.81. The molecule has 0 atom stereocenters. The highest BCUT2D eigenvalue weighted by Crippen LogP contribution is 2.42. The summed E-state index contributed by atoms with van der Waals surface area (Å²) in [5, 5.41) is 31.1. The number of halogens is 2.